The van der Waals surface area contributed by atoms with Gasteiger partial charge in [0.25, 0.3) is 0 Å². The predicted octanol–water partition coefficient (Wildman–Crippen LogP) is 2.49. The van der Waals surface area contributed by atoms with E-state index in [0.717, 1.165) is 17.7 Å². The Labute approximate surface area is 120 Å². The third-order valence-corrected chi connectivity index (χ3v) is 2.87. The molecule has 0 fully saturated rings. The Balaban J connectivity index is 1.97. The molecule has 0 atom stereocenters. The summed E-state index contributed by atoms with van der Waals surface area (Å²) in [4.78, 5) is 26.5. The molecular weight excluding hydrogens is 275 g/mol. The summed E-state index contributed by atoms with van der Waals surface area (Å²) in [5.41, 5.74) is 0.765. The molecule has 2 rings (SSSR count). The number of aryl methyl sites for hydroxylation is 1. The van der Waals surface area contributed by atoms with Gasteiger partial charge in [-0.15, -0.1) is 0 Å². The Morgan fingerprint density at radius 2 is 1.90 bits per heavy atom. The third kappa shape index (κ3) is 4.10. The summed E-state index contributed by atoms with van der Waals surface area (Å²) in [6.45, 7) is 0. The lowest BCUT2D eigenvalue weighted by Gasteiger charge is -2.07. The Morgan fingerprint density at radius 1 is 1.19 bits per heavy atom. The molecule has 2 N–H and O–H groups in total. The smallest absolute Gasteiger partial charge is 0.338 e. The quantitative estimate of drug-likeness (QED) is 0.886. The summed E-state index contributed by atoms with van der Waals surface area (Å²) < 4.78 is 13.2. The maximum absolute atomic E-state index is 13.2. The summed E-state index contributed by atoms with van der Waals surface area (Å²) in [6.07, 6.45) is 4.07. The molecule has 0 spiro atoms. The van der Waals surface area contributed by atoms with E-state index in [1.54, 1.807) is 12.4 Å². The van der Waals surface area contributed by atoms with Gasteiger partial charge in [0.05, 0.1) is 5.56 Å². The molecule has 1 aromatic heterocycles. The molecule has 108 valence electrons. The molecule has 0 saturated carbocycles. The largest absolute Gasteiger partial charge is 0.478 e. The van der Waals surface area contributed by atoms with Crippen LogP contribution in [0, 0.1) is 5.82 Å². The van der Waals surface area contributed by atoms with E-state index in [4.69, 9.17) is 5.11 Å². The number of carbonyl (C=O) groups excluding carboxylic acids is 1. The van der Waals surface area contributed by atoms with Crippen molar-refractivity contribution in [3.8, 4) is 0 Å². The summed E-state index contributed by atoms with van der Waals surface area (Å²) in [5, 5.41) is 11.4. The summed E-state index contributed by atoms with van der Waals surface area (Å²) >= 11 is 0. The Kier molecular flexibility index (Phi) is 4.61. The molecular formula is C15H13FN2O3. The van der Waals surface area contributed by atoms with Crippen molar-refractivity contribution in [3.63, 3.8) is 0 Å². The average molecular weight is 288 g/mol. The minimum Gasteiger partial charge on any atom is -0.478 e. The van der Waals surface area contributed by atoms with Crippen LogP contribution in [-0.2, 0) is 11.2 Å². The molecule has 1 amide bonds. The number of hydrogen-bond acceptors (Lipinski definition) is 3. The second-order valence-electron chi connectivity index (χ2n) is 4.40. The predicted molar refractivity (Wildman–Crippen MR) is 74.5 cm³/mol. The average Bonchev–Trinajstić information content (AvgIpc) is 2.48. The van der Waals surface area contributed by atoms with E-state index >= 15 is 0 Å². The van der Waals surface area contributed by atoms with Crippen molar-refractivity contribution in [2.75, 3.05) is 5.32 Å². The van der Waals surface area contributed by atoms with E-state index < -0.39 is 17.3 Å². The molecule has 1 aromatic carbocycles. The number of anilines is 1. The molecule has 2 aromatic rings. The molecule has 0 bridgehead atoms. The van der Waals surface area contributed by atoms with Crippen LogP contribution in [0.4, 0.5) is 10.1 Å². The van der Waals surface area contributed by atoms with Crippen molar-refractivity contribution < 1.29 is 19.1 Å². The number of halogens is 1. The van der Waals surface area contributed by atoms with Gasteiger partial charge in [0, 0.05) is 24.5 Å². The first kappa shape index (κ1) is 14.6. The highest BCUT2D eigenvalue weighted by molar-refractivity contribution is 5.94. The summed E-state index contributed by atoms with van der Waals surface area (Å²) in [6, 6.07) is 7.07. The number of nitrogens with zero attached hydrogens (tertiary/aromatic N) is 1. The van der Waals surface area contributed by atoms with E-state index in [-0.39, 0.29) is 18.0 Å². The van der Waals surface area contributed by atoms with E-state index in [1.807, 2.05) is 12.1 Å². The fourth-order valence-electron chi connectivity index (χ4n) is 1.80. The number of aromatic nitrogens is 1. The zero-order valence-electron chi connectivity index (χ0n) is 11.0. The maximum Gasteiger partial charge on any atom is 0.338 e. The number of aromatic carboxylic acids is 1. The van der Waals surface area contributed by atoms with Crippen LogP contribution >= 0.6 is 0 Å². The Bertz CT molecular complexity index is 659. The number of pyridine rings is 1. The normalized spacial score (nSPS) is 10.1. The van der Waals surface area contributed by atoms with E-state index in [9.17, 15) is 14.0 Å². The van der Waals surface area contributed by atoms with Gasteiger partial charge in [0.2, 0.25) is 5.91 Å². The summed E-state index contributed by atoms with van der Waals surface area (Å²) in [7, 11) is 0. The molecule has 0 unspecified atom stereocenters. The minimum atomic E-state index is -1.37. The van der Waals surface area contributed by atoms with Crippen molar-refractivity contribution in [2.24, 2.45) is 0 Å². The van der Waals surface area contributed by atoms with Gasteiger partial charge in [0.15, 0.2) is 0 Å². The number of rotatable bonds is 5. The van der Waals surface area contributed by atoms with Crippen LogP contribution < -0.4 is 5.32 Å². The monoisotopic (exact) mass is 288 g/mol. The van der Waals surface area contributed by atoms with Gasteiger partial charge >= 0.3 is 5.97 Å². The highest BCUT2D eigenvalue weighted by atomic mass is 19.1. The van der Waals surface area contributed by atoms with Crippen molar-refractivity contribution in [1.29, 1.82) is 0 Å². The Morgan fingerprint density at radius 3 is 2.57 bits per heavy atom. The van der Waals surface area contributed by atoms with Crippen LogP contribution in [0.2, 0.25) is 0 Å². The minimum absolute atomic E-state index is 0.240. The van der Waals surface area contributed by atoms with E-state index in [2.05, 4.69) is 10.3 Å². The van der Waals surface area contributed by atoms with Crippen LogP contribution in [-0.4, -0.2) is 22.0 Å². The second kappa shape index (κ2) is 6.60. The van der Waals surface area contributed by atoms with Gasteiger partial charge in [-0.3, -0.25) is 9.78 Å². The molecule has 6 heteroatoms. The maximum atomic E-state index is 13.2. The topological polar surface area (TPSA) is 79.3 Å². The number of amides is 1. The fraction of sp³-hybridized carbons (Fsp3) is 0.133. The zero-order valence-corrected chi connectivity index (χ0v) is 11.0. The second-order valence-corrected chi connectivity index (χ2v) is 4.40. The van der Waals surface area contributed by atoms with Gasteiger partial charge in [-0.25, -0.2) is 9.18 Å². The molecule has 0 aliphatic carbocycles. The van der Waals surface area contributed by atoms with Crippen LogP contribution in [0.3, 0.4) is 0 Å². The van der Waals surface area contributed by atoms with Crippen molar-refractivity contribution in [2.45, 2.75) is 12.8 Å². The lowest BCUT2D eigenvalue weighted by atomic mass is 10.1. The third-order valence-electron chi connectivity index (χ3n) is 2.87. The molecule has 0 aliphatic heterocycles. The molecule has 1 heterocycles. The van der Waals surface area contributed by atoms with Gasteiger partial charge in [-0.2, -0.15) is 0 Å². The SMILES string of the molecule is O=C(CCc1ccncc1)Nc1ccc(F)c(C(=O)O)c1. The highest BCUT2D eigenvalue weighted by Gasteiger charge is 2.12. The van der Waals surface area contributed by atoms with Gasteiger partial charge in [-0.05, 0) is 42.3 Å². The summed E-state index contributed by atoms with van der Waals surface area (Å²) in [5.74, 6) is -2.48. The van der Waals surface area contributed by atoms with Crippen molar-refractivity contribution in [1.82, 2.24) is 4.98 Å². The molecule has 0 aliphatic rings. The first-order valence-corrected chi connectivity index (χ1v) is 6.28. The zero-order chi connectivity index (χ0) is 15.2. The number of hydrogen-bond donors (Lipinski definition) is 2. The lowest BCUT2D eigenvalue weighted by molar-refractivity contribution is -0.116. The fourth-order valence-corrected chi connectivity index (χ4v) is 1.80. The van der Waals surface area contributed by atoms with Gasteiger partial charge in [-0.1, -0.05) is 0 Å². The number of carboxylic acid groups (broad SMARTS) is 1. The van der Waals surface area contributed by atoms with E-state index in [1.165, 1.54) is 6.07 Å². The van der Waals surface area contributed by atoms with Crippen LogP contribution in [0.1, 0.15) is 22.3 Å². The number of carbonyl (C=O) groups is 2. The van der Waals surface area contributed by atoms with Crippen molar-refractivity contribution in [3.05, 3.63) is 59.7 Å². The highest BCUT2D eigenvalue weighted by Crippen LogP contribution is 2.15. The van der Waals surface area contributed by atoms with Crippen molar-refractivity contribution >= 4 is 17.6 Å². The van der Waals surface area contributed by atoms with Gasteiger partial charge in [0.1, 0.15) is 5.82 Å². The van der Waals surface area contributed by atoms with Crippen LogP contribution in [0.15, 0.2) is 42.7 Å². The first-order chi connectivity index (χ1) is 10.1. The van der Waals surface area contributed by atoms with Crippen LogP contribution in [0.25, 0.3) is 0 Å². The number of benzene rings is 1. The lowest BCUT2D eigenvalue weighted by Crippen LogP contribution is -2.13. The molecule has 0 radical (unpaired) electrons. The molecule has 5 nitrogen and oxygen atoms in total. The first-order valence-electron chi connectivity index (χ1n) is 6.28. The van der Waals surface area contributed by atoms with E-state index in [0.29, 0.717) is 6.42 Å². The molecule has 0 saturated heterocycles. The van der Waals surface area contributed by atoms with Gasteiger partial charge < -0.3 is 10.4 Å². The molecule has 21 heavy (non-hydrogen) atoms. The standard InChI is InChI=1S/C15H13FN2O3/c16-13-3-2-11(9-12(13)15(20)21)18-14(19)4-1-10-5-7-17-8-6-10/h2-3,5-9H,1,4H2,(H,18,19)(H,20,21). The van der Waals surface area contributed by atoms with Crippen LogP contribution in [0.5, 0.6) is 0 Å². The Hall–Kier alpha value is -2.76. The number of nitrogens with one attached hydrogen (secondary N) is 1. The number of carboxylic acids is 1.